The molecule has 0 aromatic heterocycles. The van der Waals surface area contributed by atoms with E-state index in [1.807, 2.05) is 4.90 Å². The highest BCUT2D eigenvalue weighted by molar-refractivity contribution is 6.32. The Kier molecular flexibility index (Phi) is 5.88. The van der Waals surface area contributed by atoms with Gasteiger partial charge in [-0.25, -0.2) is 9.18 Å². The molecule has 2 aliphatic heterocycles. The summed E-state index contributed by atoms with van der Waals surface area (Å²) >= 11 is 5.88. The Hall–Kier alpha value is -2.55. The molecule has 2 saturated heterocycles. The van der Waals surface area contributed by atoms with Gasteiger partial charge in [-0.1, -0.05) is 18.5 Å². The van der Waals surface area contributed by atoms with Crippen molar-refractivity contribution in [2.24, 2.45) is 5.92 Å². The van der Waals surface area contributed by atoms with E-state index in [1.54, 1.807) is 24.8 Å². The second kappa shape index (κ2) is 8.06. The van der Waals surface area contributed by atoms with Gasteiger partial charge in [-0.15, -0.1) is 0 Å². The number of urea groups is 1. The third-order valence-corrected chi connectivity index (χ3v) is 5.78. The largest absolute Gasteiger partial charge is 0.495 e. The Bertz CT molecular complexity index is 844. The summed E-state index contributed by atoms with van der Waals surface area (Å²) in [6.45, 7) is 5.33. The molecule has 0 radical (unpaired) electrons. The van der Waals surface area contributed by atoms with Crippen LogP contribution in [0.4, 0.5) is 14.9 Å². The van der Waals surface area contributed by atoms with Gasteiger partial charge in [0.15, 0.2) is 0 Å². The Balaban J connectivity index is 1.60. The summed E-state index contributed by atoms with van der Waals surface area (Å²) in [4.78, 5) is 39.9. The maximum absolute atomic E-state index is 14.0. The van der Waals surface area contributed by atoms with Gasteiger partial charge in [-0.05, 0) is 19.4 Å². The number of hydrogen-bond acceptors (Lipinski definition) is 5. The molecule has 0 spiro atoms. The molecule has 0 aliphatic carbocycles. The second-order valence-electron chi connectivity index (χ2n) is 7.60. The number of nitrogens with zero attached hydrogens (tertiary/aromatic N) is 2. The van der Waals surface area contributed by atoms with Crippen LogP contribution in [0.15, 0.2) is 12.1 Å². The fourth-order valence-corrected chi connectivity index (χ4v) is 3.99. The van der Waals surface area contributed by atoms with Crippen LogP contribution in [0.5, 0.6) is 5.75 Å². The standard InChI is InChI=1S/C19H24ClFN4O4/c1-11(10-19(2)17(27)22-18(28)23-19)16(26)25-6-4-24(5-7-25)12-8-13(21)15(20)14(9-12)29-3/h8-9,11H,4-7,10H2,1-3H3,(H2,22,23,27,28)/t11-,19+/m0/s1. The number of halogens is 2. The number of piperazine rings is 1. The zero-order valence-corrected chi connectivity index (χ0v) is 17.3. The van der Waals surface area contributed by atoms with E-state index in [0.29, 0.717) is 31.9 Å². The first-order valence-corrected chi connectivity index (χ1v) is 9.73. The molecular formula is C19H24ClFN4O4. The van der Waals surface area contributed by atoms with Crippen LogP contribution >= 0.6 is 11.6 Å². The first-order chi connectivity index (χ1) is 13.6. The molecule has 1 aromatic carbocycles. The number of carbonyl (C=O) groups excluding carboxylic acids is 3. The van der Waals surface area contributed by atoms with Crippen molar-refractivity contribution in [1.29, 1.82) is 0 Å². The van der Waals surface area contributed by atoms with E-state index in [9.17, 15) is 18.8 Å². The summed E-state index contributed by atoms with van der Waals surface area (Å²) in [6, 6.07) is 2.48. The first-order valence-electron chi connectivity index (χ1n) is 9.35. The molecule has 8 nitrogen and oxygen atoms in total. The fourth-order valence-electron chi connectivity index (χ4n) is 3.80. The fraction of sp³-hybridized carbons (Fsp3) is 0.526. The molecule has 1 aromatic rings. The highest BCUT2D eigenvalue weighted by atomic mass is 35.5. The number of amides is 4. The maximum atomic E-state index is 14.0. The minimum Gasteiger partial charge on any atom is -0.495 e. The topological polar surface area (TPSA) is 91.0 Å². The lowest BCUT2D eigenvalue weighted by atomic mass is 9.89. The van der Waals surface area contributed by atoms with Crippen LogP contribution in [0.25, 0.3) is 0 Å². The number of rotatable bonds is 5. The maximum Gasteiger partial charge on any atom is 0.322 e. The van der Waals surface area contributed by atoms with Gasteiger partial charge in [0.25, 0.3) is 5.91 Å². The Morgan fingerprint density at radius 1 is 1.31 bits per heavy atom. The Morgan fingerprint density at radius 2 is 1.97 bits per heavy atom. The molecule has 0 saturated carbocycles. The lowest BCUT2D eigenvalue weighted by molar-refractivity contribution is -0.136. The van der Waals surface area contributed by atoms with Crippen LogP contribution in [-0.4, -0.2) is 61.6 Å². The van der Waals surface area contributed by atoms with E-state index in [4.69, 9.17) is 16.3 Å². The number of hydrogen-bond donors (Lipinski definition) is 2. The van der Waals surface area contributed by atoms with Gasteiger partial charge >= 0.3 is 6.03 Å². The highest BCUT2D eigenvalue weighted by Gasteiger charge is 2.44. The minimum atomic E-state index is -1.09. The lowest BCUT2D eigenvalue weighted by Crippen LogP contribution is -2.52. The lowest BCUT2D eigenvalue weighted by Gasteiger charge is -2.38. The van der Waals surface area contributed by atoms with Crippen LogP contribution < -0.4 is 20.3 Å². The molecule has 4 amide bonds. The molecule has 10 heteroatoms. The van der Waals surface area contributed by atoms with Gasteiger partial charge in [0.05, 0.1) is 7.11 Å². The summed E-state index contributed by atoms with van der Waals surface area (Å²) in [5.74, 6) is -1.24. The van der Waals surface area contributed by atoms with Gasteiger partial charge in [0.1, 0.15) is 22.1 Å². The Labute approximate surface area is 173 Å². The summed E-state index contributed by atoms with van der Waals surface area (Å²) in [5, 5.41) is 4.72. The zero-order valence-electron chi connectivity index (χ0n) is 16.6. The smallest absolute Gasteiger partial charge is 0.322 e. The molecule has 29 heavy (non-hydrogen) atoms. The van der Waals surface area contributed by atoms with E-state index in [1.165, 1.54) is 13.2 Å². The van der Waals surface area contributed by atoms with Crippen molar-refractivity contribution in [1.82, 2.24) is 15.5 Å². The quantitative estimate of drug-likeness (QED) is 0.700. The van der Waals surface area contributed by atoms with Crippen LogP contribution in [0, 0.1) is 11.7 Å². The first kappa shape index (κ1) is 21.2. The third-order valence-electron chi connectivity index (χ3n) is 5.41. The molecule has 0 unspecified atom stereocenters. The number of carbonyl (C=O) groups is 3. The normalized spacial score (nSPS) is 22.9. The van der Waals surface area contributed by atoms with E-state index in [2.05, 4.69) is 10.6 Å². The van der Waals surface area contributed by atoms with E-state index >= 15 is 0 Å². The average Bonchev–Trinajstić information content (AvgIpc) is 2.94. The molecule has 2 aliphatic rings. The van der Waals surface area contributed by atoms with Crippen LogP contribution in [0.1, 0.15) is 20.3 Å². The van der Waals surface area contributed by atoms with Crippen molar-refractivity contribution in [3.8, 4) is 5.75 Å². The summed E-state index contributed by atoms with van der Waals surface area (Å²) in [7, 11) is 1.43. The third kappa shape index (κ3) is 4.24. The molecule has 2 fully saturated rings. The van der Waals surface area contributed by atoms with Gasteiger partial charge in [-0.2, -0.15) is 0 Å². The van der Waals surface area contributed by atoms with Gasteiger partial charge in [0, 0.05) is 43.9 Å². The molecule has 158 valence electrons. The van der Waals surface area contributed by atoms with E-state index in [-0.39, 0.29) is 23.1 Å². The SMILES string of the molecule is COc1cc(N2CCN(C(=O)[C@@H](C)C[C@@]3(C)NC(=O)NC3=O)CC2)cc(F)c1Cl. The van der Waals surface area contributed by atoms with E-state index < -0.39 is 29.2 Å². The highest BCUT2D eigenvalue weighted by Crippen LogP contribution is 2.33. The number of anilines is 1. The van der Waals surface area contributed by atoms with Crippen LogP contribution in [0.3, 0.4) is 0 Å². The molecule has 2 N–H and O–H groups in total. The number of imide groups is 1. The summed E-state index contributed by atoms with van der Waals surface area (Å²) in [5.41, 5.74) is -0.451. The minimum absolute atomic E-state index is 0.0598. The van der Waals surface area contributed by atoms with Gasteiger partial charge in [0.2, 0.25) is 5.91 Å². The van der Waals surface area contributed by atoms with Crippen molar-refractivity contribution < 1.29 is 23.5 Å². The molecule has 2 heterocycles. The predicted octanol–water partition coefficient (Wildman–Crippen LogP) is 1.76. The predicted molar refractivity (Wildman–Crippen MR) is 106 cm³/mol. The number of ether oxygens (including phenoxy) is 1. The van der Waals surface area contributed by atoms with Crippen molar-refractivity contribution >= 4 is 35.1 Å². The van der Waals surface area contributed by atoms with Crippen LogP contribution in [0.2, 0.25) is 5.02 Å². The molecule has 0 bridgehead atoms. The Morgan fingerprint density at radius 3 is 2.52 bits per heavy atom. The summed E-state index contributed by atoms with van der Waals surface area (Å²) < 4.78 is 19.1. The van der Waals surface area contributed by atoms with Gasteiger partial charge in [-0.3, -0.25) is 14.9 Å². The van der Waals surface area contributed by atoms with Crippen molar-refractivity contribution in [2.45, 2.75) is 25.8 Å². The monoisotopic (exact) mass is 426 g/mol. The average molecular weight is 427 g/mol. The molecule has 3 rings (SSSR count). The summed E-state index contributed by atoms with van der Waals surface area (Å²) in [6.07, 6.45) is 0.212. The molecular weight excluding hydrogens is 403 g/mol. The van der Waals surface area contributed by atoms with Crippen molar-refractivity contribution in [3.05, 3.63) is 23.0 Å². The van der Waals surface area contributed by atoms with Crippen molar-refractivity contribution in [3.63, 3.8) is 0 Å². The molecule has 2 atom stereocenters. The van der Waals surface area contributed by atoms with Crippen molar-refractivity contribution in [2.75, 3.05) is 38.2 Å². The second-order valence-corrected chi connectivity index (χ2v) is 7.98. The zero-order chi connectivity index (χ0) is 21.3. The number of nitrogens with one attached hydrogen (secondary N) is 2. The van der Waals surface area contributed by atoms with E-state index in [0.717, 1.165) is 0 Å². The van der Waals surface area contributed by atoms with Gasteiger partial charge < -0.3 is 19.9 Å². The number of benzene rings is 1. The number of methoxy groups -OCH3 is 1. The van der Waals surface area contributed by atoms with Crippen LogP contribution in [-0.2, 0) is 9.59 Å².